The van der Waals surface area contributed by atoms with Gasteiger partial charge in [-0.2, -0.15) is 0 Å². The van der Waals surface area contributed by atoms with E-state index in [1.54, 1.807) is 13.1 Å². The molecule has 0 bridgehead atoms. The van der Waals surface area contributed by atoms with Crippen molar-refractivity contribution >= 4 is 0 Å². The Morgan fingerprint density at radius 2 is 2.25 bits per heavy atom. The van der Waals surface area contributed by atoms with Crippen molar-refractivity contribution in [2.24, 2.45) is 5.73 Å². The number of hydrogen-bond donors (Lipinski definition) is 2. The first-order valence-corrected chi connectivity index (χ1v) is 3.89. The molecular weight excluding hydrogens is 152 g/mol. The van der Waals surface area contributed by atoms with Crippen molar-refractivity contribution in [2.45, 2.75) is 19.4 Å². The van der Waals surface area contributed by atoms with Gasteiger partial charge in [0.2, 0.25) is 0 Å². The number of aryl methyl sites for hydroxylation is 1. The molecule has 0 fully saturated rings. The Kier molecular flexibility index (Phi) is 2.45. The van der Waals surface area contributed by atoms with Crippen molar-refractivity contribution in [2.75, 3.05) is 6.61 Å². The number of aromatic nitrogens is 1. The molecule has 1 aromatic rings. The van der Waals surface area contributed by atoms with Crippen molar-refractivity contribution in [3.05, 3.63) is 29.6 Å². The zero-order valence-corrected chi connectivity index (χ0v) is 7.41. The molecule has 0 amide bonds. The summed E-state index contributed by atoms with van der Waals surface area (Å²) in [7, 11) is 0. The molecule has 0 radical (unpaired) electrons. The van der Waals surface area contributed by atoms with Crippen molar-refractivity contribution in [3.8, 4) is 0 Å². The number of aliphatic hydroxyl groups is 1. The Bertz CT molecular complexity index is 254. The molecule has 0 aliphatic carbocycles. The maximum Gasteiger partial charge on any atom is 0.0789 e. The van der Waals surface area contributed by atoms with Crippen LogP contribution in [0, 0.1) is 6.92 Å². The second-order valence-electron chi connectivity index (χ2n) is 3.30. The summed E-state index contributed by atoms with van der Waals surface area (Å²) in [6.07, 6.45) is 1.75. The molecule has 1 atom stereocenters. The first kappa shape index (κ1) is 9.16. The molecule has 0 aromatic carbocycles. The molecule has 0 spiro atoms. The van der Waals surface area contributed by atoms with Crippen LogP contribution in [0.3, 0.4) is 0 Å². The average Bonchev–Trinajstić information content (AvgIpc) is 2.05. The predicted molar refractivity (Wildman–Crippen MR) is 47.6 cm³/mol. The molecule has 66 valence electrons. The first-order chi connectivity index (χ1) is 5.56. The predicted octanol–water partition coefficient (Wildman–Crippen LogP) is 0.556. The van der Waals surface area contributed by atoms with Gasteiger partial charge in [0.05, 0.1) is 17.8 Å². The van der Waals surface area contributed by atoms with Gasteiger partial charge in [0.15, 0.2) is 0 Å². The van der Waals surface area contributed by atoms with Crippen LogP contribution in [-0.4, -0.2) is 16.7 Å². The summed E-state index contributed by atoms with van der Waals surface area (Å²) in [5, 5.41) is 8.95. The third kappa shape index (κ3) is 1.81. The maximum atomic E-state index is 8.95. The lowest BCUT2D eigenvalue weighted by Gasteiger charge is -2.20. The summed E-state index contributed by atoms with van der Waals surface area (Å²) in [5.74, 6) is 0. The number of nitrogens with zero attached hydrogens (tertiary/aromatic N) is 1. The lowest BCUT2D eigenvalue weighted by molar-refractivity contribution is 0.206. The topological polar surface area (TPSA) is 59.1 Å². The van der Waals surface area contributed by atoms with Crippen LogP contribution >= 0.6 is 0 Å². The number of pyridine rings is 1. The second-order valence-corrected chi connectivity index (χ2v) is 3.30. The molecule has 0 saturated carbocycles. The van der Waals surface area contributed by atoms with Gasteiger partial charge in [-0.05, 0) is 25.5 Å². The molecule has 0 aliphatic rings. The third-order valence-electron chi connectivity index (χ3n) is 1.82. The van der Waals surface area contributed by atoms with Crippen LogP contribution < -0.4 is 5.73 Å². The van der Waals surface area contributed by atoms with Crippen LogP contribution in [-0.2, 0) is 5.54 Å². The quantitative estimate of drug-likeness (QED) is 0.674. The van der Waals surface area contributed by atoms with Crippen LogP contribution in [0.5, 0.6) is 0 Å². The third-order valence-corrected chi connectivity index (χ3v) is 1.82. The summed E-state index contributed by atoms with van der Waals surface area (Å²) in [6, 6.07) is 3.77. The Morgan fingerprint density at radius 3 is 2.67 bits per heavy atom. The van der Waals surface area contributed by atoms with Crippen LogP contribution in [0.4, 0.5) is 0 Å². The highest BCUT2D eigenvalue weighted by molar-refractivity contribution is 5.18. The monoisotopic (exact) mass is 166 g/mol. The van der Waals surface area contributed by atoms with E-state index in [4.69, 9.17) is 10.8 Å². The van der Waals surface area contributed by atoms with Crippen molar-refractivity contribution in [3.63, 3.8) is 0 Å². The van der Waals surface area contributed by atoms with Gasteiger partial charge in [-0.1, -0.05) is 6.07 Å². The van der Waals surface area contributed by atoms with E-state index in [2.05, 4.69) is 4.98 Å². The normalized spacial score (nSPS) is 15.7. The van der Waals surface area contributed by atoms with E-state index < -0.39 is 5.54 Å². The Hall–Kier alpha value is -0.930. The fraction of sp³-hybridized carbons (Fsp3) is 0.444. The van der Waals surface area contributed by atoms with Crippen LogP contribution in [0.2, 0.25) is 0 Å². The van der Waals surface area contributed by atoms with Gasteiger partial charge in [0, 0.05) is 6.20 Å². The maximum absolute atomic E-state index is 8.95. The summed E-state index contributed by atoms with van der Waals surface area (Å²) in [5.41, 5.74) is 6.85. The van der Waals surface area contributed by atoms with Crippen molar-refractivity contribution in [1.82, 2.24) is 4.98 Å². The van der Waals surface area contributed by atoms with Gasteiger partial charge >= 0.3 is 0 Å². The van der Waals surface area contributed by atoms with Gasteiger partial charge in [-0.15, -0.1) is 0 Å². The Labute approximate surface area is 72.2 Å². The van der Waals surface area contributed by atoms with Gasteiger partial charge in [-0.25, -0.2) is 0 Å². The second kappa shape index (κ2) is 3.21. The van der Waals surface area contributed by atoms with Crippen molar-refractivity contribution < 1.29 is 5.11 Å². The summed E-state index contributed by atoms with van der Waals surface area (Å²) < 4.78 is 0. The molecule has 1 heterocycles. The number of hydrogen-bond acceptors (Lipinski definition) is 3. The lowest BCUT2D eigenvalue weighted by Crippen LogP contribution is -2.37. The summed E-state index contributed by atoms with van der Waals surface area (Å²) in [6.45, 7) is 3.62. The molecule has 0 aliphatic heterocycles. The highest BCUT2D eigenvalue weighted by Crippen LogP contribution is 2.13. The molecule has 0 saturated heterocycles. The number of aliphatic hydroxyl groups excluding tert-OH is 1. The lowest BCUT2D eigenvalue weighted by atomic mass is 10.00. The molecular formula is C9H14N2O. The molecule has 3 heteroatoms. The highest BCUT2D eigenvalue weighted by atomic mass is 16.3. The fourth-order valence-electron chi connectivity index (χ4n) is 0.887. The zero-order valence-electron chi connectivity index (χ0n) is 7.41. The number of nitrogens with two attached hydrogens (primary N) is 1. The minimum Gasteiger partial charge on any atom is -0.394 e. The highest BCUT2D eigenvalue weighted by Gasteiger charge is 2.20. The van der Waals surface area contributed by atoms with Crippen molar-refractivity contribution in [1.29, 1.82) is 0 Å². The Morgan fingerprint density at radius 1 is 1.58 bits per heavy atom. The fourth-order valence-corrected chi connectivity index (χ4v) is 0.887. The molecule has 1 aromatic heterocycles. The van der Waals surface area contributed by atoms with E-state index in [9.17, 15) is 0 Å². The minimum atomic E-state index is -0.728. The smallest absolute Gasteiger partial charge is 0.0789 e. The molecule has 12 heavy (non-hydrogen) atoms. The van der Waals surface area contributed by atoms with Crippen LogP contribution in [0.15, 0.2) is 18.3 Å². The first-order valence-electron chi connectivity index (χ1n) is 3.89. The zero-order chi connectivity index (χ0) is 9.19. The van der Waals surface area contributed by atoms with E-state index in [0.29, 0.717) is 0 Å². The largest absolute Gasteiger partial charge is 0.394 e. The van der Waals surface area contributed by atoms with Gasteiger partial charge in [0.25, 0.3) is 0 Å². The van der Waals surface area contributed by atoms with Gasteiger partial charge in [-0.3, -0.25) is 4.98 Å². The van der Waals surface area contributed by atoms with Crippen LogP contribution in [0.25, 0.3) is 0 Å². The van der Waals surface area contributed by atoms with Crippen LogP contribution in [0.1, 0.15) is 18.2 Å². The Balaban J connectivity index is 2.96. The van der Waals surface area contributed by atoms with E-state index in [0.717, 1.165) is 11.3 Å². The van der Waals surface area contributed by atoms with E-state index in [1.807, 2.05) is 19.1 Å². The standard InChI is InChI=1S/C9H14N2O/c1-7-3-4-8(11-5-7)9(2,10)6-12/h3-5,12H,6,10H2,1-2H3/t9-/m1/s1. The SMILES string of the molecule is Cc1ccc([C@](C)(N)CO)nc1. The minimum absolute atomic E-state index is 0.0942. The molecule has 3 nitrogen and oxygen atoms in total. The molecule has 3 N–H and O–H groups in total. The molecule has 0 unspecified atom stereocenters. The average molecular weight is 166 g/mol. The summed E-state index contributed by atoms with van der Waals surface area (Å²) in [4.78, 5) is 4.14. The molecule has 1 rings (SSSR count). The van der Waals surface area contributed by atoms with E-state index >= 15 is 0 Å². The summed E-state index contributed by atoms with van der Waals surface area (Å²) >= 11 is 0. The van der Waals surface area contributed by atoms with E-state index in [-0.39, 0.29) is 6.61 Å². The number of rotatable bonds is 2. The van der Waals surface area contributed by atoms with E-state index in [1.165, 1.54) is 0 Å². The van der Waals surface area contributed by atoms with Gasteiger partial charge in [0.1, 0.15) is 0 Å². The van der Waals surface area contributed by atoms with Gasteiger partial charge < -0.3 is 10.8 Å².